The van der Waals surface area contributed by atoms with Gasteiger partial charge in [0.15, 0.2) is 12.4 Å². The van der Waals surface area contributed by atoms with Crippen molar-refractivity contribution in [1.29, 1.82) is 0 Å². The minimum atomic E-state index is -1.12. The number of carboxylic acids is 1. The first-order chi connectivity index (χ1) is 11.5. The molecular weight excluding hydrogens is 336 g/mol. The molecule has 1 unspecified atom stereocenters. The van der Waals surface area contributed by atoms with Gasteiger partial charge in [-0.15, -0.1) is 0 Å². The molecule has 2 aromatic rings. The van der Waals surface area contributed by atoms with E-state index in [1.54, 1.807) is 18.2 Å². The first kappa shape index (κ1) is 16.3. The summed E-state index contributed by atoms with van der Waals surface area (Å²) in [5.41, 5.74) is 1.17. The molecule has 1 heterocycles. The number of aromatic hydroxyl groups is 1. The number of ketones is 1. The second-order valence-electron chi connectivity index (χ2n) is 5.24. The fourth-order valence-corrected chi connectivity index (χ4v) is 2.90. The van der Waals surface area contributed by atoms with Crippen LogP contribution in [0.15, 0.2) is 36.4 Å². The van der Waals surface area contributed by atoms with Crippen molar-refractivity contribution in [3.05, 3.63) is 58.1 Å². The minimum absolute atomic E-state index is 0.0307. The molecule has 0 aromatic heterocycles. The van der Waals surface area contributed by atoms with Gasteiger partial charge in [0, 0.05) is 11.1 Å². The van der Waals surface area contributed by atoms with Gasteiger partial charge in [0.05, 0.1) is 11.6 Å². The molecule has 0 bridgehead atoms. The highest BCUT2D eigenvalue weighted by atomic mass is 35.5. The zero-order valence-electron chi connectivity index (χ0n) is 12.4. The second kappa shape index (κ2) is 6.51. The number of benzene rings is 2. The van der Waals surface area contributed by atoms with Gasteiger partial charge in [-0.25, -0.2) is 4.79 Å². The number of fused-ring (bicyclic) bond motifs is 1. The zero-order chi connectivity index (χ0) is 17.3. The van der Waals surface area contributed by atoms with Gasteiger partial charge in [0.25, 0.3) is 0 Å². The Bertz CT molecular complexity index is 817. The van der Waals surface area contributed by atoms with E-state index in [1.807, 2.05) is 0 Å². The minimum Gasteiger partial charge on any atom is -0.508 e. The lowest BCUT2D eigenvalue weighted by atomic mass is 9.93. The summed E-state index contributed by atoms with van der Waals surface area (Å²) in [5.74, 6) is -1.27. The van der Waals surface area contributed by atoms with Crippen molar-refractivity contribution in [3.8, 4) is 11.5 Å². The quantitative estimate of drug-likeness (QED) is 0.882. The molecule has 0 saturated carbocycles. The van der Waals surface area contributed by atoms with Crippen LogP contribution in [0.25, 0.3) is 0 Å². The number of carbonyl (C=O) groups is 2. The van der Waals surface area contributed by atoms with Crippen LogP contribution in [0.1, 0.15) is 27.6 Å². The second-order valence-corrected chi connectivity index (χ2v) is 5.64. The molecule has 7 heteroatoms. The summed E-state index contributed by atoms with van der Waals surface area (Å²) in [6.07, 6.45) is -0.943. The van der Waals surface area contributed by atoms with E-state index in [9.17, 15) is 14.7 Å². The Labute approximate surface area is 142 Å². The summed E-state index contributed by atoms with van der Waals surface area (Å²) < 4.78 is 10.7. The zero-order valence-corrected chi connectivity index (χ0v) is 13.1. The molecule has 0 aliphatic carbocycles. The standard InChI is InChI=1S/C17H13ClO6/c18-12-6-10(23-8-14(20)21)5-9-7-24-17(16(22)15(9)12)11-3-1-2-4-13(11)19/h1-6,17,19H,7-8H2,(H,20,21). The number of hydrogen-bond donors (Lipinski definition) is 2. The summed E-state index contributed by atoms with van der Waals surface area (Å²) in [5, 5.41) is 18.7. The molecule has 0 saturated heterocycles. The maximum Gasteiger partial charge on any atom is 0.341 e. The summed E-state index contributed by atoms with van der Waals surface area (Å²) in [6, 6.07) is 9.37. The number of aliphatic carboxylic acids is 1. The fourth-order valence-electron chi connectivity index (χ4n) is 2.57. The van der Waals surface area contributed by atoms with Crippen LogP contribution in [-0.2, 0) is 16.1 Å². The summed E-state index contributed by atoms with van der Waals surface area (Å²) >= 11 is 6.18. The van der Waals surface area contributed by atoms with Gasteiger partial charge < -0.3 is 19.7 Å². The van der Waals surface area contributed by atoms with E-state index in [1.165, 1.54) is 18.2 Å². The van der Waals surface area contributed by atoms with Crippen LogP contribution < -0.4 is 4.74 Å². The normalized spacial score (nSPS) is 16.5. The predicted octanol–water partition coefficient (Wildman–Crippen LogP) is 2.96. The number of para-hydroxylation sites is 1. The number of halogens is 1. The smallest absolute Gasteiger partial charge is 0.341 e. The Kier molecular flexibility index (Phi) is 4.42. The molecular formula is C17H13ClO6. The molecule has 2 N–H and O–H groups in total. The molecule has 3 rings (SSSR count). The largest absolute Gasteiger partial charge is 0.508 e. The van der Waals surface area contributed by atoms with Gasteiger partial charge in [-0.1, -0.05) is 29.8 Å². The molecule has 0 fully saturated rings. The van der Waals surface area contributed by atoms with Crippen molar-refractivity contribution in [3.63, 3.8) is 0 Å². The third-order valence-electron chi connectivity index (χ3n) is 3.62. The third-order valence-corrected chi connectivity index (χ3v) is 3.92. The number of phenols is 1. The lowest BCUT2D eigenvalue weighted by molar-refractivity contribution is -0.139. The molecule has 6 nitrogen and oxygen atoms in total. The lowest BCUT2D eigenvalue weighted by Crippen LogP contribution is -2.24. The summed E-state index contributed by atoms with van der Waals surface area (Å²) in [7, 11) is 0. The van der Waals surface area contributed by atoms with Crippen molar-refractivity contribution in [2.75, 3.05) is 6.61 Å². The number of phenolic OH excluding ortho intramolecular Hbond substituents is 1. The van der Waals surface area contributed by atoms with E-state index in [-0.39, 0.29) is 28.9 Å². The molecule has 24 heavy (non-hydrogen) atoms. The first-order valence-corrected chi connectivity index (χ1v) is 7.46. The molecule has 1 aliphatic heterocycles. The van der Waals surface area contributed by atoms with Crippen LogP contribution >= 0.6 is 11.6 Å². The van der Waals surface area contributed by atoms with E-state index in [2.05, 4.69) is 0 Å². The van der Waals surface area contributed by atoms with Crippen molar-refractivity contribution in [2.24, 2.45) is 0 Å². The molecule has 124 valence electrons. The number of hydrogen-bond acceptors (Lipinski definition) is 5. The fraction of sp³-hybridized carbons (Fsp3) is 0.176. The maximum absolute atomic E-state index is 12.7. The van der Waals surface area contributed by atoms with Crippen molar-refractivity contribution in [1.82, 2.24) is 0 Å². The molecule has 2 aromatic carbocycles. The van der Waals surface area contributed by atoms with Gasteiger partial charge in [-0.3, -0.25) is 4.79 Å². The van der Waals surface area contributed by atoms with Gasteiger partial charge in [-0.2, -0.15) is 0 Å². The maximum atomic E-state index is 12.7. The molecule has 1 aliphatic rings. The summed E-state index contributed by atoms with van der Waals surface area (Å²) in [6.45, 7) is -0.422. The summed E-state index contributed by atoms with van der Waals surface area (Å²) in [4.78, 5) is 23.3. The highest BCUT2D eigenvalue weighted by Crippen LogP contribution is 2.39. The number of rotatable bonds is 4. The van der Waals surface area contributed by atoms with E-state index in [0.29, 0.717) is 16.7 Å². The van der Waals surface area contributed by atoms with Gasteiger partial charge in [-0.05, 0) is 23.8 Å². The SMILES string of the molecule is O=C(O)COc1cc(Cl)c2c(c1)COC(c1ccccc1O)C2=O. The van der Waals surface area contributed by atoms with E-state index < -0.39 is 18.7 Å². The first-order valence-electron chi connectivity index (χ1n) is 7.08. The Morgan fingerprint density at radius 2 is 2.08 bits per heavy atom. The average Bonchev–Trinajstić information content (AvgIpc) is 2.54. The van der Waals surface area contributed by atoms with Crippen LogP contribution in [0.4, 0.5) is 0 Å². The van der Waals surface area contributed by atoms with Crippen molar-refractivity contribution in [2.45, 2.75) is 12.7 Å². The van der Waals surface area contributed by atoms with Crippen LogP contribution in [0.2, 0.25) is 5.02 Å². The lowest BCUT2D eigenvalue weighted by Gasteiger charge is -2.26. The van der Waals surface area contributed by atoms with Gasteiger partial charge in [0.2, 0.25) is 0 Å². The highest BCUT2D eigenvalue weighted by Gasteiger charge is 2.33. The Balaban J connectivity index is 1.94. The topological polar surface area (TPSA) is 93.1 Å². The number of carboxylic acid groups (broad SMARTS) is 1. The van der Waals surface area contributed by atoms with Crippen molar-refractivity contribution < 1.29 is 29.3 Å². The molecule has 0 amide bonds. The van der Waals surface area contributed by atoms with E-state index in [0.717, 1.165) is 0 Å². The average molecular weight is 349 g/mol. The van der Waals surface area contributed by atoms with Crippen LogP contribution in [0.3, 0.4) is 0 Å². The monoisotopic (exact) mass is 348 g/mol. The van der Waals surface area contributed by atoms with Gasteiger partial charge in [0.1, 0.15) is 17.6 Å². The van der Waals surface area contributed by atoms with Crippen LogP contribution in [0.5, 0.6) is 11.5 Å². The Hall–Kier alpha value is -2.57. The van der Waals surface area contributed by atoms with E-state index >= 15 is 0 Å². The van der Waals surface area contributed by atoms with Crippen molar-refractivity contribution >= 4 is 23.4 Å². The van der Waals surface area contributed by atoms with Gasteiger partial charge >= 0.3 is 5.97 Å². The third kappa shape index (κ3) is 3.06. The number of carbonyl (C=O) groups excluding carboxylic acids is 1. The molecule has 1 atom stereocenters. The van der Waals surface area contributed by atoms with Crippen LogP contribution in [-0.4, -0.2) is 28.6 Å². The molecule has 0 radical (unpaired) electrons. The van der Waals surface area contributed by atoms with E-state index in [4.69, 9.17) is 26.2 Å². The van der Waals surface area contributed by atoms with Crippen LogP contribution in [0, 0.1) is 0 Å². The highest BCUT2D eigenvalue weighted by molar-refractivity contribution is 6.34. The molecule has 0 spiro atoms. The number of Topliss-reactive ketones (excluding diaryl/α,β-unsaturated/α-hetero) is 1. The Morgan fingerprint density at radius 3 is 2.79 bits per heavy atom. The Morgan fingerprint density at radius 1 is 1.33 bits per heavy atom. The number of ether oxygens (including phenoxy) is 2. The predicted molar refractivity (Wildman–Crippen MR) is 84.6 cm³/mol.